The van der Waals surface area contributed by atoms with Gasteiger partial charge in [0.1, 0.15) is 0 Å². The standard InChI is InChI=1S/C12H17BrN2/c1-8-6-10(13)12-11(7-8)14-5-4-9(2)15(12)3/h6-7,9,14H,4-5H2,1-3H3. The average molecular weight is 269 g/mol. The van der Waals surface area contributed by atoms with E-state index in [1.165, 1.54) is 27.8 Å². The molecule has 2 nitrogen and oxygen atoms in total. The molecule has 0 amide bonds. The molecular formula is C12H17BrN2. The Morgan fingerprint density at radius 2 is 2.20 bits per heavy atom. The van der Waals surface area contributed by atoms with Gasteiger partial charge >= 0.3 is 0 Å². The van der Waals surface area contributed by atoms with Crippen LogP contribution in [0.4, 0.5) is 11.4 Å². The second-order valence-electron chi connectivity index (χ2n) is 4.32. The van der Waals surface area contributed by atoms with Gasteiger partial charge < -0.3 is 10.2 Å². The van der Waals surface area contributed by atoms with Crippen LogP contribution in [0.2, 0.25) is 0 Å². The van der Waals surface area contributed by atoms with E-state index in [0.717, 1.165) is 6.54 Å². The predicted molar refractivity (Wildman–Crippen MR) is 69.9 cm³/mol. The summed E-state index contributed by atoms with van der Waals surface area (Å²) in [7, 11) is 2.16. The number of hydrogen-bond donors (Lipinski definition) is 1. The van der Waals surface area contributed by atoms with Crippen LogP contribution in [0.5, 0.6) is 0 Å². The maximum Gasteiger partial charge on any atom is 0.0746 e. The molecule has 3 heteroatoms. The minimum Gasteiger partial charge on any atom is -0.383 e. The third kappa shape index (κ3) is 1.98. The van der Waals surface area contributed by atoms with Crippen molar-refractivity contribution < 1.29 is 0 Å². The van der Waals surface area contributed by atoms with Gasteiger partial charge in [-0.05, 0) is 53.9 Å². The summed E-state index contributed by atoms with van der Waals surface area (Å²) in [5.41, 5.74) is 3.82. The van der Waals surface area contributed by atoms with Crippen LogP contribution in [0.15, 0.2) is 16.6 Å². The molecule has 1 unspecified atom stereocenters. The van der Waals surface area contributed by atoms with Gasteiger partial charge in [-0.15, -0.1) is 0 Å². The van der Waals surface area contributed by atoms with Gasteiger partial charge in [0, 0.05) is 24.1 Å². The first-order valence-corrected chi connectivity index (χ1v) is 6.15. The van der Waals surface area contributed by atoms with E-state index < -0.39 is 0 Å². The topological polar surface area (TPSA) is 15.3 Å². The number of benzene rings is 1. The van der Waals surface area contributed by atoms with Crippen molar-refractivity contribution in [2.45, 2.75) is 26.3 Å². The van der Waals surface area contributed by atoms with Gasteiger partial charge in [-0.1, -0.05) is 0 Å². The molecule has 1 aromatic rings. The molecular weight excluding hydrogens is 252 g/mol. The first-order chi connectivity index (χ1) is 7.09. The van der Waals surface area contributed by atoms with Gasteiger partial charge in [-0.25, -0.2) is 0 Å². The van der Waals surface area contributed by atoms with E-state index in [1.54, 1.807) is 0 Å². The fraction of sp³-hybridized carbons (Fsp3) is 0.500. The number of nitrogens with zero attached hydrogens (tertiary/aromatic N) is 1. The summed E-state index contributed by atoms with van der Waals surface area (Å²) in [5, 5.41) is 3.50. The highest BCUT2D eigenvalue weighted by atomic mass is 79.9. The highest BCUT2D eigenvalue weighted by Crippen LogP contribution is 2.37. The molecule has 1 aliphatic rings. The van der Waals surface area contributed by atoms with E-state index in [2.05, 4.69) is 59.2 Å². The molecule has 0 fully saturated rings. The molecule has 1 aromatic carbocycles. The lowest BCUT2D eigenvalue weighted by atomic mass is 10.1. The summed E-state index contributed by atoms with van der Waals surface area (Å²) in [5.74, 6) is 0. The zero-order valence-corrected chi connectivity index (χ0v) is 11.1. The highest BCUT2D eigenvalue weighted by molar-refractivity contribution is 9.10. The molecule has 0 aliphatic carbocycles. The Labute approximate surface area is 99.8 Å². The molecule has 2 rings (SSSR count). The lowest BCUT2D eigenvalue weighted by Gasteiger charge is -2.26. The molecule has 1 atom stereocenters. The molecule has 0 bridgehead atoms. The lowest BCUT2D eigenvalue weighted by molar-refractivity contribution is 0.657. The predicted octanol–water partition coefficient (Wildman–Crippen LogP) is 3.40. The minimum absolute atomic E-state index is 0.581. The molecule has 1 aliphatic heterocycles. The molecule has 0 saturated heterocycles. The van der Waals surface area contributed by atoms with Gasteiger partial charge in [0.15, 0.2) is 0 Å². The van der Waals surface area contributed by atoms with Gasteiger partial charge in [-0.3, -0.25) is 0 Å². The van der Waals surface area contributed by atoms with Crippen molar-refractivity contribution in [3.63, 3.8) is 0 Å². The zero-order valence-electron chi connectivity index (χ0n) is 9.47. The summed E-state index contributed by atoms with van der Waals surface area (Å²) < 4.78 is 1.18. The first kappa shape index (κ1) is 10.8. The van der Waals surface area contributed by atoms with E-state index >= 15 is 0 Å². The van der Waals surface area contributed by atoms with Crippen molar-refractivity contribution in [3.05, 3.63) is 22.2 Å². The van der Waals surface area contributed by atoms with Crippen LogP contribution >= 0.6 is 15.9 Å². The minimum atomic E-state index is 0.581. The summed E-state index contributed by atoms with van der Waals surface area (Å²) in [6, 6.07) is 4.97. The van der Waals surface area contributed by atoms with Crippen LogP contribution in [-0.2, 0) is 0 Å². The summed E-state index contributed by atoms with van der Waals surface area (Å²) >= 11 is 3.65. The summed E-state index contributed by atoms with van der Waals surface area (Å²) in [6.45, 7) is 5.44. The molecule has 1 N–H and O–H groups in total. The molecule has 0 spiro atoms. The molecule has 0 saturated carbocycles. The Morgan fingerprint density at radius 3 is 2.93 bits per heavy atom. The van der Waals surface area contributed by atoms with Crippen LogP contribution in [0.25, 0.3) is 0 Å². The number of rotatable bonds is 0. The van der Waals surface area contributed by atoms with E-state index in [4.69, 9.17) is 0 Å². The van der Waals surface area contributed by atoms with Crippen LogP contribution in [0, 0.1) is 6.92 Å². The number of hydrogen-bond acceptors (Lipinski definition) is 2. The number of nitrogens with one attached hydrogen (secondary N) is 1. The Hall–Kier alpha value is -0.700. The van der Waals surface area contributed by atoms with Gasteiger partial charge in [0.2, 0.25) is 0 Å². The molecule has 0 radical (unpaired) electrons. The third-order valence-corrected chi connectivity index (χ3v) is 3.70. The van der Waals surface area contributed by atoms with Crippen LogP contribution in [0.1, 0.15) is 18.9 Å². The molecule has 0 aromatic heterocycles. The van der Waals surface area contributed by atoms with E-state index in [-0.39, 0.29) is 0 Å². The number of fused-ring (bicyclic) bond motifs is 1. The zero-order chi connectivity index (χ0) is 11.0. The second-order valence-corrected chi connectivity index (χ2v) is 5.17. The molecule has 15 heavy (non-hydrogen) atoms. The summed E-state index contributed by atoms with van der Waals surface area (Å²) in [6.07, 6.45) is 1.18. The first-order valence-electron chi connectivity index (χ1n) is 5.36. The van der Waals surface area contributed by atoms with Crippen molar-refractivity contribution in [2.75, 3.05) is 23.8 Å². The van der Waals surface area contributed by atoms with Crippen molar-refractivity contribution in [1.82, 2.24) is 0 Å². The number of aryl methyl sites for hydroxylation is 1. The van der Waals surface area contributed by atoms with Crippen molar-refractivity contribution in [2.24, 2.45) is 0 Å². The molecule has 1 heterocycles. The smallest absolute Gasteiger partial charge is 0.0746 e. The normalized spacial score (nSPS) is 20.5. The Kier molecular flexibility index (Phi) is 2.91. The van der Waals surface area contributed by atoms with Gasteiger partial charge in [0.25, 0.3) is 0 Å². The summed E-state index contributed by atoms with van der Waals surface area (Å²) in [4.78, 5) is 2.35. The largest absolute Gasteiger partial charge is 0.383 e. The lowest BCUT2D eigenvalue weighted by Crippen LogP contribution is -2.28. The number of halogens is 1. The van der Waals surface area contributed by atoms with Crippen molar-refractivity contribution >= 4 is 27.3 Å². The Balaban J connectivity index is 2.53. The fourth-order valence-electron chi connectivity index (χ4n) is 2.06. The fourth-order valence-corrected chi connectivity index (χ4v) is 2.91. The molecule has 82 valence electrons. The maximum atomic E-state index is 3.65. The monoisotopic (exact) mass is 268 g/mol. The number of anilines is 2. The van der Waals surface area contributed by atoms with Gasteiger partial charge in [0.05, 0.1) is 11.4 Å². The van der Waals surface area contributed by atoms with Crippen LogP contribution < -0.4 is 10.2 Å². The third-order valence-electron chi connectivity index (χ3n) is 3.10. The van der Waals surface area contributed by atoms with Crippen molar-refractivity contribution in [1.29, 1.82) is 0 Å². The van der Waals surface area contributed by atoms with Crippen LogP contribution in [0.3, 0.4) is 0 Å². The maximum absolute atomic E-state index is 3.65. The average Bonchev–Trinajstić information content (AvgIpc) is 2.27. The SMILES string of the molecule is Cc1cc(Br)c2c(c1)NCCC(C)N2C. The van der Waals surface area contributed by atoms with Crippen LogP contribution in [-0.4, -0.2) is 19.6 Å². The Bertz CT molecular complexity index is 376. The van der Waals surface area contributed by atoms with E-state index in [0.29, 0.717) is 6.04 Å². The highest BCUT2D eigenvalue weighted by Gasteiger charge is 2.20. The van der Waals surface area contributed by atoms with E-state index in [9.17, 15) is 0 Å². The van der Waals surface area contributed by atoms with Crippen molar-refractivity contribution in [3.8, 4) is 0 Å². The van der Waals surface area contributed by atoms with Gasteiger partial charge in [-0.2, -0.15) is 0 Å². The Morgan fingerprint density at radius 1 is 1.47 bits per heavy atom. The van der Waals surface area contributed by atoms with E-state index in [1.807, 2.05) is 0 Å². The second kappa shape index (κ2) is 4.05. The quantitative estimate of drug-likeness (QED) is 0.776.